The van der Waals surface area contributed by atoms with E-state index in [1.54, 1.807) is 31.1 Å². The van der Waals surface area contributed by atoms with Crippen LogP contribution in [0.25, 0.3) is 22.2 Å². The fraction of sp³-hybridized carbons (Fsp3) is 0.0556. The molecule has 2 N–H and O–H groups in total. The highest BCUT2D eigenvalue weighted by Crippen LogP contribution is 2.21. The van der Waals surface area contributed by atoms with Gasteiger partial charge >= 0.3 is 0 Å². The number of fused-ring (bicyclic) bond motifs is 1. The van der Waals surface area contributed by atoms with Crippen LogP contribution < -0.4 is 5.32 Å². The maximum absolute atomic E-state index is 12.5. The predicted molar refractivity (Wildman–Crippen MR) is 89.2 cm³/mol. The molecule has 4 aromatic rings. The van der Waals surface area contributed by atoms with Crippen LogP contribution in [0.1, 0.15) is 16.1 Å². The second kappa shape index (κ2) is 6.00. The lowest BCUT2D eigenvalue weighted by Crippen LogP contribution is -2.23. The van der Waals surface area contributed by atoms with E-state index in [1.165, 1.54) is 0 Å². The van der Waals surface area contributed by atoms with Crippen molar-refractivity contribution in [1.82, 2.24) is 20.3 Å². The lowest BCUT2D eigenvalue weighted by atomic mass is 10.1. The van der Waals surface area contributed by atoms with Crippen LogP contribution in [0.2, 0.25) is 0 Å². The molecule has 1 amide bonds. The van der Waals surface area contributed by atoms with Crippen LogP contribution in [0.5, 0.6) is 0 Å². The van der Waals surface area contributed by atoms with E-state index in [0.717, 1.165) is 16.5 Å². The van der Waals surface area contributed by atoms with Gasteiger partial charge in [-0.15, -0.1) is 0 Å². The van der Waals surface area contributed by atoms with E-state index in [9.17, 15) is 4.79 Å². The third kappa shape index (κ3) is 2.54. The lowest BCUT2D eigenvalue weighted by molar-refractivity contribution is 0.0952. The minimum Gasteiger partial charge on any atom is -0.472 e. The summed E-state index contributed by atoms with van der Waals surface area (Å²) in [6, 6.07) is 9.50. The molecule has 0 bridgehead atoms. The van der Waals surface area contributed by atoms with Crippen molar-refractivity contribution in [1.29, 1.82) is 0 Å². The van der Waals surface area contributed by atoms with Crippen molar-refractivity contribution in [3.8, 4) is 11.3 Å². The molecule has 0 aliphatic carbocycles. The molecule has 4 rings (SSSR count). The number of furan rings is 1. The van der Waals surface area contributed by atoms with Crippen LogP contribution in [0.4, 0.5) is 0 Å². The average molecular weight is 318 g/mol. The maximum Gasteiger partial charge on any atom is 0.253 e. The highest BCUT2D eigenvalue weighted by molar-refractivity contribution is 6.06. The SMILES string of the molecule is O=C(NCc1nccnc1-c1ccoc1)c1c[nH]c2ccccc12. The zero-order valence-electron chi connectivity index (χ0n) is 12.7. The van der Waals surface area contributed by atoms with Gasteiger partial charge in [-0.25, -0.2) is 0 Å². The molecule has 0 aliphatic rings. The lowest BCUT2D eigenvalue weighted by Gasteiger charge is -2.07. The largest absolute Gasteiger partial charge is 0.472 e. The van der Waals surface area contributed by atoms with E-state index < -0.39 is 0 Å². The van der Waals surface area contributed by atoms with Gasteiger partial charge in [-0.3, -0.25) is 14.8 Å². The number of para-hydroxylation sites is 1. The first-order valence-electron chi connectivity index (χ1n) is 7.49. The Labute approximate surface area is 137 Å². The molecule has 0 spiro atoms. The summed E-state index contributed by atoms with van der Waals surface area (Å²) in [5.41, 5.74) is 3.76. The van der Waals surface area contributed by atoms with Crippen LogP contribution in [0.15, 0.2) is 65.9 Å². The number of carbonyl (C=O) groups is 1. The van der Waals surface area contributed by atoms with Gasteiger partial charge in [0.15, 0.2) is 0 Å². The molecular weight excluding hydrogens is 304 g/mol. The molecular formula is C18H14N4O2. The summed E-state index contributed by atoms with van der Waals surface area (Å²) in [5, 5.41) is 3.80. The number of amides is 1. The minimum atomic E-state index is -0.156. The molecule has 0 saturated heterocycles. The molecule has 0 unspecified atom stereocenters. The van der Waals surface area contributed by atoms with Crippen LogP contribution in [-0.2, 0) is 6.54 Å². The summed E-state index contributed by atoms with van der Waals surface area (Å²) in [6.07, 6.45) is 8.13. The Bertz CT molecular complexity index is 989. The Morgan fingerprint density at radius 2 is 2.04 bits per heavy atom. The molecule has 118 valence electrons. The number of carbonyl (C=O) groups excluding carboxylic acids is 1. The van der Waals surface area contributed by atoms with Gasteiger partial charge in [-0.05, 0) is 12.1 Å². The van der Waals surface area contributed by atoms with Crippen LogP contribution in [-0.4, -0.2) is 20.9 Å². The Morgan fingerprint density at radius 1 is 1.17 bits per heavy atom. The first-order chi connectivity index (χ1) is 11.8. The zero-order valence-corrected chi connectivity index (χ0v) is 12.7. The smallest absolute Gasteiger partial charge is 0.253 e. The highest BCUT2D eigenvalue weighted by atomic mass is 16.3. The Morgan fingerprint density at radius 3 is 2.92 bits per heavy atom. The molecule has 24 heavy (non-hydrogen) atoms. The molecule has 0 aliphatic heterocycles. The van der Waals surface area contributed by atoms with E-state index in [0.29, 0.717) is 17.0 Å². The summed E-state index contributed by atoms with van der Waals surface area (Å²) in [4.78, 5) is 24.2. The quantitative estimate of drug-likeness (QED) is 0.605. The van der Waals surface area contributed by atoms with E-state index in [1.807, 2.05) is 30.3 Å². The molecule has 0 saturated carbocycles. The van der Waals surface area contributed by atoms with E-state index in [4.69, 9.17) is 4.42 Å². The number of H-pyrrole nitrogens is 1. The monoisotopic (exact) mass is 318 g/mol. The first-order valence-corrected chi connectivity index (χ1v) is 7.49. The van der Waals surface area contributed by atoms with Crippen molar-refractivity contribution < 1.29 is 9.21 Å². The standard InChI is InChI=1S/C18H14N4O2/c23-18(14-9-21-15-4-2-1-3-13(14)15)22-10-16-17(20-7-6-19-16)12-5-8-24-11-12/h1-9,11,21H,10H2,(H,22,23). The summed E-state index contributed by atoms with van der Waals surface area (Å²) in [7, 11) is 0. The molecule has 0 fully saturated rings. The normalized spacial score (nSPS) is 10.8. The fourth-order valence-electron chi connectivity index (χ4n) is 2.66. The van der Waals surface area contributed by atoms with Gasteiger partial charge in [0.2, 0.25) is 0 Å². The summed E-state index contributed by atoms with van der Waals surface area (Å²) in [5.74, 6) is -0.156. The predicted octanol–water partition coefficient (Wildman–Crippen LogP) is 3.15. The number of nitrogens with zero attached hydrogens (tertiary/aromatic N) is 2. The molecule has 3 heterocycles. The molecule has 6 heteroatoms. The average Bonchev–Trinajstić information content (AvgIpc) is 3.29. The van der Waals surface area contributed by atoms with Gasteiger partial charge in [0.1, 0.15) is 0 Å². The van der Waals surface area contributed by atoms with Crippen molar-refractivity contribution in [3.05, 3.63) is 72.7 Å². The number of hydrogen-bond donors (Lipinski definition) is 2. The Hall–Kier alpha value is -3.41. The third-order valence-corrected chi connectivity index (χ3v) is 3.82. The zero-order chi connectivity index (χ0) is 16.4. The van der Waals surface area contributed by atoms with E-state index >= 15 is 0 Å². The number of aromatic nitrogens is 3. The second-order valence-corrected chi connectivity index (χ2v) is 5.29. The Kier molecular flexibility index (Phi) is 3.55. The Balaban J connectivity index is 1.56. The van der Waals surface area contributed by atoms with Gasteiger partial charge in [0.05, 0.1) is 36.0 Å². The summed E-state index contributed by atoms with van der Waals surface area (Å²) in [6.45, 7) is 0.284. The van der Waals surface area contributed by atoms with E-state index in [2.05, 4.69) is 20.3 Å². The van der Waals surface area contributed by atoms with Crippen molar-refractivity contribution in [2.45, 2.75) is 6.54 Å². The topological polar surface area (TPSA) is 83.8 Å². The van der Waals surface area contributed by atoms with Gasteiger partial charge in [-0.2, -0.15) is 0 Å². The van der Waals surface area contributed by atoms with Crippen molar-refractivity contribution >= 4 is 16.8 Å². The number of hydrogen-bond acceptors (Lipinski definition) is 4. The highest BCUT2D eigenvalue weighted by Gasteiger charge is 2.14. The molecule has 0 atom stereocenters. The number of rotatable bonds is 4. The summed E-state index contributed by atoms with van der Waals surface area (Å²) < 4.78 is 5.10. The van der Waals surface area contributed by atoms with Crippen LogP contribution in [0, 0.1) is 0 Å². The van der Waals surface area contributed by atoms with Crippen molar-refractivity contribution in [3.63, 3.8) is 0 Å². The minimum absolute atomic E-state index is 0.156. The second-order valence-electron chi connectivity index (χ2n) is 5.29. The third-order valence-electron chi connectivity index (χ3n) is 3.82. The molecule has 3 aromatic heterocycles. The van der Waals surface area contributed by atoms with Gasteiger partial charge in [-0.1, -0.05) is 18.2 Å². The van der Waals surface area contributed by atoms with Crippen LogP contribution in [0.3, 0.4) is 0 Å². The van der Waals surface area contributed by atoms with Gasteiger partial charge in [0, 0.05) is 35.1 Å². The van der Waals surface area contributed by atoms with Crippen molar-refractivity contribution in [2.75, 3.05) is 0 Å². The molecule has 1 aromatic carbocycles. The number of nitrogens with one attached hydrogen (secondary N) is 2. The number of aromatic amines is 1. The van der Waals surface area contributed by atoms with E-state index in [-0.39, 0.29) is 12.5 Å². The van der Waals surface area contributed by atoms with Crippen LogP contribution >= 0.6 is 0 Å². The van der Waals surface area contributed by atoms with Gasteiger partial charge in [0.25, 0.3) is 5.91 Å². The molecule has 0 radical (unpaired) electrons. The number of benzene rings is 1. The van der Waals surface area contributed by atoms with Crippen molar-refractivity contribution in [2.24, 2.45) is 0 Å². The molecule has 6 nitrogen and oxygen atoms in total. The van der Waals surface area contributed by atoms with Gasteiger partial charge < -0.3 is 14.7 Å². The maximum atomic E-state index is 12.5. The first kappa shape index (κ1) is 14.2. The summed E-state index contributed by atoms with van der Waals surface area (Å²) >= 11 is 0. The fourth-order valence-corrected chi connectivity index (χ4v) is 2.66.